The third-order valence-corrected chi connectivity index (χ3v) is 5.25. The summed E-state index contributed by atoms with van der Waals surface area (Å²) in [5.41, 5.74) is 0.903. The van der Waals surface area contributed by atoms with Gasteiger partial charge in [0.15, 0.2) is 0 Å². The first-order valence-corrected chi connectivity index (χ1v) is 11.4. The molecule has 0 saturated carbocycles. The fourth-order valence-corrected chi connectivity index (χ4v) is 3.50. The van der Waals surface area contributed by atoms with Gasteiger partial charge in [-0.15, -0.1) is 0 Å². The molecule has 158 valence electrons. The molecule has 28 heavy (non-hydrogen) atoms. The highest BCUT2D eigenvalue weighted by molar-refractivity contribution is 5.66. The predicted octanol–water partition coefficient (Wildman–Crippen LogP) is 7.73. The number of rotatable bonds is 18. The Kier molecular flexibility index (Phi) is 15.0. The Bertz CT molecular complexity index is 536. The zero-order valence-electron chi connectivity index (χ0n) is 17.6. The van der Waals surface area contributed by atoms with Gasteiger partial charge >= 0.3 is 5.97 Å². The summed E-state index contributed by atoms with van der Waals surface area (Å²) in [6.45, 7) is 0. The van der Waals surface area contributed by atoms with Gasteiger partial charge in [0.1, 0.15) is 5.75 Å². The number of hydrogen-bond acceptors (Lipinski definition) is 2. The van der Waals surface area contributed by atoms with Crippen LogP contribution in [0.1, 0.15) is 108 Å². The first-order valence-electron chi connectivity index (χ1n) is 11.4. The highest BCUT2D eigenvalue weighted by Gasteiger charge is 1.97. The third-order valence-electron chi connectivity index (χ3n) is 5.25. The van der Waals surface area contributed by atoms with Gasteiger partial charge in [0, 0.05) is 12.0 Å². The van der Waals surface area contributed by atoms with E-state index < -0.39 is 5.97 Å². The van der Waals surface area contributed by atoms with E-state index in [1.165, 1.54) is 77.0 Å². The summed E-state index contributed by atoms with van der Waals surface area (Å²) < 4.78 is 0. The largest absolute Gasteiger partial charge is 0.507 e. The average Bonchev–Trinajstić information content (AvgIpc) is 2.68. The van der Waals surface area contributed by atoms with Crippen LogP contribution in [0.5, 0.6) is 5.75 Å². The van der Waals surface area contributed by atoms with Gasteiger partial charge < -0.3 is 10.2 Å². The number of aromatic hydroxyl groups is 1. The second-order valence-electron chi connectivity index (χ2n) is 7.84. The first kappa shape index (κ1) is 24.3. The van der Waals surface area contributed by atoms with E-state index in [4.69, 9.17) is 5.11 Å². The molecule has 0 aromatic heterocycles. The molecule has 0 saturated heterocycles. The Labute approximate surface area is 171 Å². The summed E-state index contributed by atoms with van der Waals surface area (Å²) in [6.07, 6.45) is 23.3. The molecule has 1 aromatic carbocycles. The van der Waals surface area contributed by atoms with E-state index in [1.807, 2.05) is 24.3 Å². The Morgan fingerprint density at radius 3 is 1.68 bits per heavy atom. The van der Waals surface area contributed by atoms with E-state index >= 15 is 0 Å². The number of para-hydroxylation sites is 1. The van der Waals surface area contributed by atoms with Crippen molar-refractivity contribution in [1.82, 2.24) is 0 Å². The molecule has 0 unspecified atom stereocenters. The van der Waals surface area contributed by atoms with Crippen molar-refractivity contribution in [2.45, 2.75) is 103 Å². The number of aliphatic carboxylic acids is 1. The lowest BCUT2D eigenvalue weighted by Crippen LogP contribution is -1.93. The van der Waals surface area contributed by atoms with Crippen molar-refractivity contribution < 1.29 is 15.0 Å². The van der Waals surface area contributed by atoms with E-state index in [1.54, 1.807) is 6.07 Å². The topological polar surface area (TPSA) is 57.5 Å². The summed E-state index contributed by atoms with van der Waals surface area (Å²) in [6, 6.07) is 7.46. The van der Waals surface area contributed by atoms with Crippen molar-refractivity contribution in [3.8, 4) is 5.75 Å². The second-order valence-corrected chi connectivity index (χ2v) is 7.84. The van der Waals surface area contributed by atoms with Gasteiger partial charge in [-0.25, -0.2) is 0 Å². The fraction of sp³-hybridized carbons (Fsp3) is 0.640. The van der Waals surface area contributed by atoms with Gasteiger partial charge in [0.2, 0.25) is 0 Å². The van der Waals surface area contributed by atoms with Gasteiger partial charge in [-0.3, -0.25) is 4.79 Å². The Morgan fingerprint density at radius 2 is 1.18 bits per heavy atom. The molecular formula is C25H40O3. The van der Waals surface area contributed by atoms with E-state index in [-0.39, 0.29) is 0 Å². The van der Waals surface area contributed by atoms with E-state index in [0.717, 1.165) is 24.8 Å². The van der Waals surface area contributed by atoms with Crippen LogP contribution < -0.4 is 0 Å². The minimum Gasteiger partial charge on any atom is -0.507 e. The van der Waals surface area contributed by atoms with Crippen LogP contribution in [0.2, 0.25) is 0 Å². The van der Waals surface area contributed by atoms with Crippen LogP contribution in [0.3, 0.4) is 0 Å². The minimum absolute atomic E-state index is 0.328. The predicted molar refractivity (Wildman–Crippen MR) is 119 cm³/mol. The second kappa shape index (κ2) is 17.3. The molecule has 1 aromatic rings. The SMILES string of the molecule is O=C(O)CCCCCCCCCCCCCCCCC=Cc1ccccc1O. The Balaban J connectivity index is 1.77. The molecule has 0 bridgehead atoms. The van der Waals surface area contributed by atoms with Crippen molar-refractivity contribution in [2.75, 3.05) is 0 Å². The molecule has 0 radical (unpaired) electrons. The molecule has 0 aliphatic heterocycles. The smallest absolute Gasteiger partial charge is 0.303 e. The maximum absolute atomic E-state index is 10.4. The molecular weight excluding hydrogens is 348 g/mol. The van der Waals surface area contributed by atoms with Crippen molar-refractivity contribution in [3.63, 3.8) is 0 Å². The number of benzene rings is 1. The normalized spacial score (nSPS) is 11.3. The highest BCUT2D eigenvalue weighted by Crippen LogP contribution is 2.18. The van der Waals surface area contributed by atoms with Crippen molar-refractivity contribution in [1.29, 1.82) is 0 Å². The minimum atomic E-state index is -0.666. The number of phenols is 1. The van der Waals surface area contributed by atoms with E-state index in [9.17, 15) is 9.90 Å². The van der Waals surface area contributed by atoms with Crippen LogP contribution in [0.4, 0.5) is 0 Å². The molecule has 1 rings (SSSR count). The molecule has 0 amide bonds. The van der Waals surface area contributed by atoms with Gasteiger partial charge in [-0.1, -0.05) is 107 Å². The summed E-state index contributed by atoms with van der Waals surface area (Å²) in [7, 11) is 0. The molecule has 0 atom stereocenters. The molecule has 3 nitrogen and oxygen atoms in total. The number of carboxylic acids is 1. The molecule has 0 aliphatic carbocycles. The first-order chi connectivity index (χ1) is 13.7. The number of carboxylic acid groups (broad SMARTS) is 1. The lowest BCUT2D eigenvalue weighted by molar-refractivity contribution is -0.137. The van der Waals surface area contributed by atoms with E-state index in [0.29, 0.717) is 12.2 Å². The summed E-state index contributed by atoms with van der Waals surface area (Å²) in [4.78, 5) is 10.4. The quantitative estimate of drug-likeness (QED) is 0.253. The molecule has 0 spiro atoms. The summed E-state index contributed by atoms with van der Waals surface area (Å²) >= 11 is 0. The van der Waals surface area contributed by atoms with Crippen LogP contribution in [0, 0.1) is 0 Å². The summed E-state index contributed by atoms with van der Waals surface area (Å²) in [5.74, 6) is -0.310. The standard InChI is InChI=1S/C25H40O3/c26-24-21-18-17-20-23(24)19-15-13-11-9-7-5-3-1-2-4-6-8-10-12-14-16-22-25(27)28/h15,17-21,26H,1-14,16,22H2,(H,27,28). The molecule has 2 N–H and O–H groups in total. The zero-order valence-corrected chi connectivity index (χ0v) is 17.6. The zero-order chi connectivity index (χ0) is 20.3. The molecule has 0 aliphatic rings. The molecule has 3 heteroatoms. The average molecular weight is 389 g/mol. The van der Waals surface area contributed by atoms with Crippen LogP contribution in [0.25, 0.3) is 6.08 Å². The van der Waals surface area contributed by atoms with E-state index in [2.05, 4.69) is 6.08 Å². The Hall–Kier alpha value is -1.77. The third kappa shape index (κ3) is 14.3. The number of hydrogen-bond donors (Lipinski definition) is 2. The van der Waals surface area contributed by atoms with Crippen LogP contribution in [-0.4, -0.2) is 16.2 Å². The van der Waals surface area contributed by atoms with Gasteiger partial charge in [-0.05, 0) is 25.3 Å². The van der Waals surface area contributed by atoms with Crippen LogP contribution >= 0.6 is 0 Å². The fourth-order valence-electron chi connectivity index (χ4n) is 3.50. The van der Waals surface area contributed by atoms with Crippen molar-refractivity contribution >= 4 is 12.0 Å². The van der Waals surface area contributed by atoms with Crippen LogP contribution in [0.15, 0.2) is 30.3 Å². The number of allylic oxidation sites excluding steroid dienone is 1. The summed E-state index contributed by atoms with van der Waals surface area (Å²) in [5, 5.41) is 18.3. The maximum atomic E-state index is 10.4. The lowest BCUT2D eigenvalue weighted by atomic mass is 10.0. The molecule has 0 heterocycles. The Morgan fingerprint density at radius 1 is 0.714 bits per heavy atom. The van der Waals surface area contributed by atoms with Gasteiger partial charge in [0.25, 0.3) is 0 Å². The molecule has 0 fully saturated rings. The van der Waals surface area contributed by atoms with Gasteiger partial charge in [0.05, 0.1) is 0 Å². The van der Waals surface area contributed by atoms with Crippen molar-refractivity contribution in [2.24, 2.45) is 0 Å². The van der Waals surface area contributed by atoms with Crippen molar-refractivity contribution in [3.05, 3.63) is 35.9 Å². The number of unbranched alkanes of at least 4 members (excludes halogenated alkanes) is 14. The number of phenolic OH excluding ortho intramolecular Hbond substituents is 1. The van der Waals surface area contributed by atoms with Gasteiger partial charge in [-0.2, -0.15) is 0 Å². The monoisotopic (exact) mass is 388 g/mol. The maximum Gasteiger partial charge on any atom is 0.303 e. The lowest BCUT2D eigenvalue weighted by Gasteiger charge is -2.03. The van der Waals surface area contributed by atoms with Crippen LogP contribution in [-0.2, 0) is 4.79 Å². The number of carbonyl (C=O) groups is 1. The highest BCUT2D eigenvalue weighted by atomic mass is 16.4.